The molecule has 0 spiro atoms. The summed E-state index contributed by atoms with van der Waals surface area (Å²) in [5.41, 5.74) is 3.10. The number of methoxy groups -OCH3 is 1. The predicted octanol–water partition coefficient (Wildman–Crippen LogP) is 3.02. The maximum Gasteiger partial charge on any atom is 0.292 e. The zero-order valence-corrected chi connectivity index (χ0v) is 14.2. The minimum atomic E-state index is -0.191. The molecule has 0 saturated carbocycles. The number of aryl methyl sites for hydroxylation is 2. The largest absolute Gasteiger partial charge is 0.497 e. The Bertz CT molecular complexity index is 1130. The first-order valence-electron chi connectivity index (χ1n) is 7.39. The van der Waals surface area contributed by atoms with Crippen molar-refractivity contribution in [3.05, 3.63) is 51.9 Å². The number of hydrogen-bond acceptors (Lipinski definition) is 6. The van der Waals surface area contributed by atoms with Crippen LogP contribution in [0.15, 0.2) is 35.1 Å². The predicted molar refractivity (Wildman–Crippen MR) is 94.3 cm³/mol. The number of hydrogen-bond donors (Lipinski definition) is 0. The van der Waals surface area contributed by atoms with Crippen LogP contribution in [0, 0.1) is 13.8 Å². The van der Waals surface area contributed by atoms with Crippen LogP contribution in [0.25, 0.3) is 26.1 Å². The van der Waals surface area contributed by atoms with E-state index in [0.29, 0.717) is 15.9 Å². The quantitative estimate of drug-likeness (QED) is 0.562. The van der Waals surface area contributed by atoms with Crippen LogP contribution in [-0.2, 0) is 0 Å². The molecular weight excluding hydrogens is 324 g/mol. The standard InChI is InChI=1S/C17H14N4O2S/c1-9-8-13-14-15(24-16(13)18-10(9)2)17(22)21(20-19-14)11-4-6-12(23-3)7-5-11/h4-8H,1-3H3. The van der Waals surface area contributed by atoms with E-state index in [2.05, 4.69) is 15.3 Å². The van der Waals surface area contributed by atoms with E-state index in [1.165, 1.54) is 16.0 Å². The van der Waals surface area contributed by atoms with Crippen LogP contribution in [0.3, 0.4) is 0 Å². The van der Waals surface area contributed by atoms with Crippen molar-refractivity contribution < 1.29 is 4.74 Å². The third kappa shape index (κ3) is 2.16. The number of aromatic nitrogens is 4. The summed E-state index contributed by atoms with van der Waals surface area (Å²) in [6.07, 6.45) is 0. The Labute approximate surface area is 141 Å². The van der Waals surface area contributed by atoms with E-state index in [4.69, 9.17) is 4.74 Å². The van der Waals surface area contributed by atoms with E-state index in [1.54, 1.807) is 31.4 Å². The molecule has 0 bridgehead atoms. The van der Waals surface area contributed by atoms with Crippen molar-refractivity contribution in [1.29, 1.82) is 0 Å². The molecule has 4 rings (SSSR count). The highest BCUT2D eigenvalue weighted by molar-refractivity contribution is 7.25. The van der Waals surface area contributed by atoms with Gasteiger partial charge in [-0.1, -0.05) is 5.21 Å². The van der Waals surface area contributed by atoms with E-state index in [0.717, 1.165) is 27.2 Å². The normalized spacial score (nSPS) is 11.3. The van der Waals surface area contributed by atoms with Crippen molar-refractivity contribution in [2.45, 2.75) is 13.8 Å². The zero-order valence-electron chi connectivity index (χ0n) is 13.4. The summed E-state index contributed by atoms with van der Waals surface area (Å²) in [6.45, 7) is 3.96. The Morgan fingerprint density at radius 3 is 2.62 bits per heavy atom. The second-order valence-electron chi connectivity index (χ2n) is 5.53. The van der Waals surface area contributed by atoms with Crippen molar-refractivity contribution in [2.24, 2.45) is 0 Å². The molecule has 120 valence electrons. The van der Waals surface area contributed by atoms with Gasteiger partial charge in [-0.15, -0.1) is 16.4 Å². The Balaban J connectivity index is 1.97. The highest BCUT2D eigenvalue weighted by atomic mass is 32.1. The van der Waals surface area contributed by atoms with Gasteiger partial charge in [-0.2, -0.15) is 4.68 Å². The summed E-state index contributed by atoms with van der Waals surface area (Å²) >= 11 is 1.36. The van der Waals surface area contributed by atoms with Crippen LogP contribution in [0.2, 0.25) is 0 Å². The molecule has 7 heteroatoms. The summed E-state index contributed by atoms with van der Waals surface area (Å²) in [4.78, 5) is 18.2. The third-order valence-electron chi connectivity index (χ3n) is 4.04. The van der Waals surface area contributed by atoms with Crippen molar-refractivity contribution in [3.63, 3.8) is 0 Å². The Hall–Kier alpha value is -2.80. The second kappa shape index (κ2) is 5.38. The lowest BCUT2D eigenvalue weighted by molar-refractivity contribution is 0.414. The molecule has 4 aromatic rings. The molecule has 3 heterocycles. The van der Waals surface area contributed by atoms with Gasteiger partial charge in [-0.25, -0.2) is 4.98 Å². The van der Waals surface area contributed by atoms with E-state index in [-0.39, 0.29) is 5.56 Å². The van der Waals surface area contributed by atoms with Crippen LogP contribution in [0.4, 0.5) is 0 Å². The summed E-state index contributed by atoms with van der Waals surface area (Å²) in [7, 11) is 1.60. The Morgan fingerprint density at radius 2 is 1.92 bits per heavy atom. The van der Waals surface area contributed by atoms with E-state index >= 15 is 0 Å². The first-order valence-corrected chi connectivity index (χ1v) is 8.21. The molecule has 0 radical (unpaired) electrons. The highest BCUT2D eigenvalue weighted by Crippen LogP contribution is 2.30. The number of ether oxygens (including phenoxy) is 1. The van der Waals surface area contributed by atoms with Crippen molar-refractivity contribution in [2.75, 3.05) is 7.11 Å². The summed E-state index contributed by atoms with van der Waals surface area (Å²) < 4.78 is 7.00. The Morgan fingerprint density at radius 1 is 1.17 bits per heavy atom. The number of fused-ring (bicyclic) bond motifs is 3. The van der Waals surface area contributed by atoms with Gasteiger partial charge in [0.2, 0.25) is 0 Å². The first-order chi connectivity index (χ1) is 11.6. The minimum absolute atomic E-state index is 0.191. The summed E-state index contributed by atoms with van der Waals surface area (Å²) in [5.74, 6) is 0.720. The lowest BCUT2D eigenvalue weighted by atomic mass is 10.2. The van der Waals surface area contributed by atoms with Crippen LogP contribution in [0.1, 0.15) is 11.3 Å². The van der Waals surface area contributed by atoms with E-state index in [9.17, 15) is 4.79 Å². The molecule has 24 heavy (non-hydrogen) atoms. The molecule has 6 nitrogen and oxygen atoms in total. The average Bonchev–Trinajstić information content (AvgIpc) is 2.94. The number of rotatable bonds is 2. The molecule has 3 aromatic heterocycles. The van der Waals surface area contributed by atoms with Gasteiger partial charge in [0.1, 0.15) is 20.8 Å². The fraction of sp³-hybridized carbons (Fsp3) is 0.176. The lowest BCUT2D eigenvalue weighted by Gasteiger charge is -2.04. The fourth-order valence-corrected chi connectivity index (χ4v) is 3.62. The van der Waals surface area contributed by atoms with Gasteiger partial charge in [-0.05, 0) is 49.7 Å². The second-order valence-corrected chi connectivity index (χ2v) is 6.53. The number of benzene rings is 1. The smallest absolute Gasteiger partial charge is 0.292 e. The topological polar surface area (TPSA) is 69.9 Å². The Kier molecular flexibility index (Phi) is 3.31. The first kappa shape index (κ1) is 14.8. The van der Waals surface area contributed by atoms with Gasteiger partial charge in [0, 0.05) is 11.1 Å². The maximum absolute atomic E-state index is 12.8. The molecule has 0 aliphatic carbocycles. The van der Waals surface area contributed by atoms with Gasteiger partial charge >= 0.3 is 0 Å². The van der Waals surface area contributed by atoms with Crippen molar-refractivity contribution in [1.82, 2.24) is 20.0 Å². The number of thiophene rings is 1. The number of pyridine rings is 1. The molecule has 0 atom stereocenters. The van der Waals surface area contributed by atoms with Crippen LogP contribution < -0.4 is 10.3 Å². The monoisotopic (exact) mass is 338 g/mol. The molecule has 1 aromatic carbocycles. The van der Waals surface area contributed by atoms with Gasteiger partial charge < -0.3 is 4.74 Å². The maximum atomic E-state index is 12.8. The van der Waals surface area contributed by atoms with Gasteiger partial charge in [0.25, 0.3) is 5.56 Å². The zero-order chi connectivity index (χ0) is 16.8. The third-order valence-corrected chi connectivity index (χ3v) is 5.11. The van der Waals surface area contributed by atoms with Crippen molar-refractivity contribution in [3.8, 4) is 11.4 Å². The van der Waals surface area contributed by atoms with Crippen LogP contribution in [-0.4, -0.2) is 27.1 Å². The van der Waals surface area contributed by atoms with Crippen LogP contribution in [0.5, 0.6) is 5.75 Å². The molecule has 0 saturated heterocycles. The SMILES string of the molecule is COc1ccc(-n2nnc3c(sc4nc(C)c(C)cc43)c2=O)cc1. The van der Waals surface area contributed by atoms with Gasteiger partial charge in [-0.3, -0.25) is 4.79 Å². The minimum Gasteiger partial charge on any atom is -0.497 e. The molecule has 0 aliphatic rings. The van der Waals surface area contributed by atoms with E-state index < -0.39 is 0 Å². The van der Waals surface area contributed by atoms with Crippen molar-refractivity contribution >= 4 is 31.8 Å². The molecular formula is C17H14N4O2S. The fourth-order valence-electron chi connectivity index (χ4n) is 2.56. The molecule has 0 unspecified atom stereocenters. The summed E-state index contributed by atoms with van der Waals surface area (Å²) in [6, 6.07) is 9.14. The molecule has 0 N–H and O–H groups in total. The summed E-state index contributed by atoms with van der Waals surface area (Å²) in [5, 5.41) is 9.25. The molecule has 0 fully saturated rings. The average molecular weight is 338 g/mol. The molecule has 0 amide bonds. The lowest BCUT2D eigenvalue weighted by Crippen LogP contribution is -2.21. The highest BCUT2D eigenvalue weighted by Gasteiger charge is 2.15. The number of nitrogens with zero attached hydrogens (tertiary/aromatic N) is 4. The van der Waals surface area contributed by atoms with Gasteiger partial charge in [0.05, 0.1) is 12.8 Å². The molecule has 0 aliphatic heterocycles. The van der Waals surface area contributed by atoms with Gasteiger partial charge in [0.15, 0.2) is 0 Å². The van der Waals surface area contributed by atoms with Crippen LogP contribution >= 0.6 is 11.3 Å². The van der Waals surface area contributed by atoms with E-state index in [1.807, 2.05) is 19.9 Å².